The summed E-state index contributed by atoms with van der Waals surface area (Å²) in [4.78, 5) is 1.37. The molecule has 114 valence electrons. The number of alkyl halides is 3. The van der Waals surface area contributed by atoms with Gasteiger partial charge in [0.25, 0.3) is 0 Å². The molecule has 0 unspecified atom stereocenters. The number of nitrogens with zero attached hydrogens (tertiary/aromatic N) is 1. The minimum absolute atomic E-state index is 0. The SMILES string of the molecule is Cl.Fc1ccc([C@H](N2CCNCC2)C(F)(F)F)c(Br)c1. The van der Waals surface area contributed by atoms with Gasteiger partial charge in [-0.2, -0.15) is 13.2 Å². The van der Waals surface area contributed by atoms with Gasteiger partial charge in [0, 0.05) is 30.7 Å². The first-order valence-electron chi connectivity index (χ1n) is 5.86. The zero-order valence-electron chi connectivity index (χ0n) is 10.4. The molecule has 1 aliphatic heterocycles. The topological polar surface area (TPSA) is 15.3 Å². The Bertz CT molecular complexity index is 450. The van der Waals surface area contributed by atoms with Gasteiger partial charge in [0.15, 0.2) is 0 Å². The lowest BCUT2D eigenvalue weighted by Gasteiger charge is -2.36. The van der Waals surface area contributed by atoms with E-state index in [1.807, 2.05) is 0 Å². The van der Waals surface area contributed by atoms with E-state index in [2.05, 4.69) is 21.2 Å². The maximum Gasteiger partial charge on any atom is 0.408 e. The van der Waals surface area contributed by atoms with E-state index in [4.69, 9.17) is 0 Å². The molecule has 1 aromatic rings. The van der Waals surface area contributed by atoms with Gasteiger partial charge in [-0.15, -0.1) is 12.4 Å². The number of hydrogen-bond acceptors (Lipinski definition) is 2. The smallest absolute Gasteiger partial charge is 0.314 e. The van der Waals surface area contributed by atoms with Crippen LogP contribution in [0.25, 0.3) is 0 Å². The average molecular weight is 378 g/mol. The molecule has 2 nitrogen and oxygen atoms in total. The zero-order chi connectivity index (χ0) is 14.0. The Balaban J connectivity index is 0.00000200. The summed E-state index contributed by atoms with van der Waals surface area (Å²) < 4.78 is 53.0. The maximum absolute atomic E-state index is 13.3. The highest BCUT2D eigenvalue weighted by atomic mass is 79.9. The molecule has 1 fully saturated rings. The Kier molecular flexibility index (Phi) is 6.25. The van der Waals surface area contributed by atoms with Gasteiger partial charge >= 0.3 is 6.18 Å². The molecule has 1 aromatic carbocycles. The van der Waals surface area contributed by atoms with Crippen LogP contribution in [0.4, 0.5) is 17.6 Å². The number of rotatable bonds is 2. The molecule has 20 heavy (non-hydrogen) atoms. The largest absolute Gasteiger partial charge is 0.408 e. The standard InChI is InChI=1S/C12H13BrF4N2.ClH/c13-10-7-8(14)1-2-9(10)11(12(15,16)17)19-5-3-18-4-6-19;/h1-2,7,11,18H,3-6H2;1H/t11-;/m0./s1. The van der Waals surface area contributed by atoms with Crippen LogP contribution in [0, 0.1) is 5.82 Å². The molecular formula is C12H14BrClF4N2. The van der Waals surface area contributed by atoms with E-state index in [9.17, 15) is 17.6 Å². The quantitative estimate of drug-likeness (QED) is 0.794. The van der Waals surface area contributed by atoms with Crippen LogP contribution in [0.2, 0.25) is 0 Å². The van der Waals surface area contributed by atoms with Crippen molar-refractivity contribution in [2.24, 2.45) is 0 Å². The normalized spacial score (nSPS) is 18.4. The molecular weight excluding hydrogens is 363 g/mol. The molecule has 1 N–H and O–H groups in total. The Morgan fingerprint density at radius 1 is 1.20 bits per heavy atom. The lowest BCUT2D eigenvalue weighted by Crippen LogP contribution is -2.49. The highest BCUT2D eigenvalue weighted by Crippen LogP contribution is 2.40. The molecule has 1 aliphatic rings. The van der Waals surface area contributed by atoms with Crippen molar-refractivity contribution in [2.75, 3.05) is 26.2 Å². The summed E-state index contributed by atoms with van der Waals surface area (Å²) in [6, 6.07) is 1.61. The van der Waals surface area contributed by atoms with Crippen molar-refractivity contribution in [3.05, 3.63) is 34.1 Å². The molecule has 0 amide bonds. The van der Waals surface area contributed by atoms with Crippen LogP contribution < -0.4 is 5.32 Å². The van der Waals surface area contributed by atoms with Gasteiger partial charge in [-0.1, -0.05) is 22.0 Å². The molecule has 0 bridgehead atoms. The lowest BCUT2D eigenvalue weighted by atomic mass is 10.0. The number of nitrogens with one attached hydrogen (secondary N) is 1. The van der Waals surface area contributed by atoms with Crippen molar-refractivity contribution in [1.82, 2.24) is 10.2 Å². The molecule has 0 spiro atoms. The number of halogens is 6. The Morgan fingerprint density at radius 2 is 1.80 bits per heavy atom. The third-order valence-corrected chi connectivity index (χ3v) is 3.77. The second-order valence-electron chi connectivity index (χ2n) is 4.40. The first kappa shape index (κ1) is 17.7. The molecule has 0 saturated carbocycles. The fourth-order valence-electron chi connectivity index (χ4n) is 2.24. The predicted molar refractivity (Wildman–Crippen MR) is 74.6 cm³/mol. The van der Waals surface area contributed by atoms with Gasteiger partial charge < -0.3 is 5.32 Å². The van der Waals surface area contributed by atoms with Crippen LogP contribution in [0.1, 0.15) is 11.6 Å². The van der Waals surface area contributed by atoms with Gasteiger partial charge in [0.1, 0.15) is 11.9 Å². The fraction of sp³-hybridized carbons (Fsp3) is 0.500. The molecule has 1 atom stereocenters. The van der Waals surface area contributed by atoms with Crippen LogP contribution in [0.3, 0.4) is 0 Å². The van der Waals surface area contributed by atoms with Crippen LogP contribution in [-0.2, 0) is 0 Å². The molecule has 1 heterocycles. The molecule has 0 aliphatic carbocycles. The Hall–Kier alpha value is -0.370. The molecule has 8 heteroatoms. The van der Waals surface area contributed by atoms with Crippen LogP contribution in [0.5, 0.6) is 0 Å². The molecule has 0 aromatic heterocycles. The van der Waals surface area contributed by atoms with Gasteiger partial charge in [0.2, 0.25) is 0 Å². The zero-order valence-corrected chi connectivity index (χ0v) is 12.8. The number of hydrogen-bond donors (Lipinski definition) is 1. The van der Waals surface area contributed by atoms with E-state index < -0.39 is 18.0 Å². The summed E-state index contributed by atoms with van der Waals surface area (Å²) in [5.74, 6) is -0.558. The molecule has 2 rings (SSSR count). The van der Waals surface area contributed by atoms with E-state index in [-0.39, 0.29) is 22.4 Å². The minimum Gasteiger partial charge on any atom is -0.314 e. The first-order chi connectivity index (χ1) is 8.89. The van der Waals surface area contributed by atoms with Crippen molar-refractivity contribution in [3.63, 3.8) is 0 Å². The van der Waals surface area contributed by atoms with Crippen molar-refractivity contribution in [1.29, 1.82) is 0 Å². The van der Waals surface area contributed by atoms with Gasteiger partial charge in [-0.3, -0.25) is 4.90 Å². The molecule has 1 saturated heterocycles. The van der Waals surface area contributed by atoms with E-state index in [1.54, 1.807) is 0 Å². The predicted octanol–water partition coefficient (Wildman–Crippen LogP) is 3.52. The second kappa shape index (κ2) is 7.06. The van der Waals surface area contributed by atoms with Crippen molar-refractivity contribution < 1.29 is 17.6 Å². The molecule has 0 radical (unpaired) electrons. The Labute approximate surface area is 129 Å². The summed E-state index contributed by atoms with van der Waals surface area (Å²) in [6.45, 7) is 1.67. The van der Waals surface area contributed by atoms with E-state index in [1.165, 1.54) is 11.0 Å². The lowest BCUT2D eigenvalue weighted by molar-refractivity contribution is -0.188. The number of piperazine rings is 1. The average Bonchev–Trinajstić information content (AvgIpc) is 2.32. The highest BCUT2D eigenvalue weighted by Gasteiger charge is 2.45. The fourth-order valence-corrected chi connectivity index (χ4v) is 2.81. The highest BCUT2D eigenvalue weighted by molar-refractivity contribution is 9.10. The third kappa shape index (κ3) is 4.07. The second-order valence-corrected chi connectivity index (χ2v) is 5.25. The van der Waals surface area contributed by atoms with E-state index in [0.717, 1.165) is 12.1 Å². The van der Waals surface area contributed by atoms with Crippen molar-refractivity contribution in [2.45, 2.75) is 12.2 Å². The number of benzene rings is 1. The van der Waals surface area contributed by atoms with Crippen molar-refractivity contribution >= 4 is 28.3 Å². The van der Waals surface area contributed by atoms with Crippen LogP contribution in [-0.4, -0.2) is 37.3 Å². The van der Waals surface area contributed by atoms with Crippen LogP contribution in [0.15, 0.2) is 22.7 Å². The summed E-state index contributed by atoms with van der Waals surface area (Å²) in [6.07, 6.45) is -4.39. The summed E-state index contributed by atoms with van der Waals surface area (Å²) in [7, 11) is 0. The Morgan fingerprint density at radius 3 is 2.30 bits per heavy atom. The summed E-state index contributed by atoms with van der Waals surface area (Å²) >= 11 is 3.02. The van der Waals surface area contributed by atoms with Crippen LogP contribution >= 0.6 is 28.3 Å². The summed E-state index contributed by atoms with van der Waals surface area (Å²) in [5.41, 5.74) is 0.0517. The van der Waals surface area contributed by atoms with E-state index >= 15 is 0 Å². The van der Waals surface area contributed by atoms with Crippen molar-refractivity contribution in [3.8, 4) is 0 Å². The summed E-state index contributed by atoms with van der Waals surface area (Å²) in [5, 5.41) is 3.02. The van der Waals surface area contributed by atoms with Gasteiger partial charge in [0.05, 0.1) is 0 Å². The minimum atomic E-state index is -4.39. The van der Waals surface area contributed by atoms with Gasteiger partial charge in [-0.25, -0.2) is 4.39 Å². The monoisotopic (exact) mass is 376 g/mol. The third-order valence-electron chi connectivity index (χ3n) is 3.08. The van der Waals surface area contributed by atoms with E-state index in [0.29, 0.717) is 26.2 Å². The maximum atomic E-state index is 13.3. The first-order valence-corrected chi connectivity index (χ1v) is 6.65. The van der Waals surface area contributed by atoms with Gasteiger partial charge in [-0.05, 0) is 17.7 Å².